The molecule has 4 nitrogen and oxygen atoms in total. The van der Waals surface area contributed by atoms with Gasteiger partial charge < -0.3 is 5.32 Å². The zero-order valence-electron chi connectivity index (χ0n) is 11.7. The van der Waals surface area contributed by atoms with Crippen LogP contribution in [-0.2, 0) is 26.4 Å². The van der Waals surface area contributed by atoms with E-state index < -0.39 is 0 Å². The van der Waals surface area contributed by atoms with Gasteiger partial charge in [0.2, 0.25) is 0 Å². The number of rotatable bonds is 3. The molecule has 1 aromatic heterocycles. The third-order valence-corrected chi connectivity index (χ3v) is 3.90. The van der Waals surface area contributed by atoms with Gasteiger partial charge in [0.1, 0.15) is 0 Å². The molecule has 0 saturated carbocycles. The summed E-state index contributed by atoms with van der Waals surface area (Å²) in [5.41, 5.74) is 4.74. The Morgan fingerprint density at radius 1 is 1.35 bits per heavy atom. The maximum Gasteiger partial charge on any atom is 0.254 e. The summed E-state index contributed by atoms with van der Waals surface area (Å²) in [6, 6.07) is 6.42. The Kier molecular flexibility index (Phi) is 3.54. The average molecular weight is 269 g/mol. The summed E-state index contributed by atoms with van der Waals surface area (Å²) in [7, 11) is 1.81. The number of fused-ring (bicyclic) bond motifs is 1. The van der Waals surface area contributed by atoms with Crippen molar-refractivity contribution in [2.24, 2.45) is 7.05 Å². The zero-order valence-corrected chi connectivity index (χ0v) is 11.7. The highest BCUT2D eigenvalue weighted by atomic mass is 16.1. The van der Waals surface area contributed by atoms with Gasteiger partial charge in [-0.25, -0.2) is 0 Å². The Morgan fingerprint density at radius 2 is 2.20 bits per heavy atom. The van der Waals surface area contributed by atoms with Gasteiger partial charge in [0.15, 0.2) is 0 Å². The Hall–Kier alpha value is -2.10. The van der Waals surface area contributed by atoms with Crippen molar-refractivity contribution in [3.63, 3.8) is 0 Å². The first-order valence-electron chi connectivity index (χ1n) is 7.10. The summed E-state index contributed by atoms with van der Waals surface area (Å²) >= 11 is 0. The molecule has 0 bridgehead atoms. The van der Waals surface area contributed by atoms with Crippen LogP contribution in [0.2, 0.25) is 0 Å². The number of amides is 1. The second kappa shape index (κ2) is 5.49. The van der Waals surface area contributed by atoms with Gasteiger partial charge in [0.25, 0.3) is 5.91 Å². The Balaban J connectivity index is 1.71. The number of nitrogens with zero attached hydrogens (tertiary/aromatic N) is 2. The number of hydrogen-bond acceptors (Lipinski definition) is 2. The van der Waals surface area contributed by atoms with Crippen LogP contribution < -0.4 is 5.32 Å². The third-order valence-electron chi connectivity index (χ3n) is 3.90. The van der Waals surface area contributed by atoms with Gasteiger partial charge in [-0.3, -0.25) is 9.48 Å². The lowest BCUT2D eigenvalue weighted by Crippen LogP contribution is -2.23. The summed E-state index contributed by atoms with van der Waals surface area (Å²) in [5, 5.41) is 7.01. The number of nitrogens with one attached hydrogen (secondary N) is 1. The van der Waals surface area contributed by atoms with Crippen LogP contribution in [0.25, 0.3) is 0 Å². The minimum absolute atomic E-state index is 0.0634. The molecule has 0 fully saturated rings. The van der Waals surface area contributed by atoms with E-state index in [4.69, 9.17) is 0 Å². The molecule has 1 aliphatic carbocycles. The summed E-state index contributed by atoms with van der Waals surface area (Å²) in [6.45, 7) is 0.594. The number of benzene rings is 1. The highest BCUT2D eigenvalue weighted by Crippen LogP contribution is 2.24. The molecule has 1 aliphatic rings. The minimum Gasteiger partial charge on any atom is -0.348 e. The van der Waals surface area contributed by atoms with Crippen molar-refractivity contribution < 1.29 is 4.79 Å². The van der Waals surface area contributed by atoms with E-state index in [0.717, 1.165) is 6.42 Å². The fourth-order valence-corrected chi connectivity index (χ4v) is 2.84. The molecule has 0 saturated heterocycles. The first-order chi connectivity index (χ1) is 9.74. The number of aromatic nitrogens is 2. The molecule has 0 radical (unpaired) electrons. The highest BCUT2D eigenvalue weighted by Gasteiger charge is 2.14. The zero-order chi connectivity index (χ0) is 13.9. The molecule has 0 aliphatic heterocycles. The lowest BCUT2D eigenvalue weighted by Gasteiger charge is -2.19. The first-order valence-corrected chi connectivity index (χ1v) is 7.10. The average Bonchev–Trinajstić information content (AvgIpc) is 2.91. The van der Waals surface area contributed by atoms with Crippen LogP contribution in [0.15, 0.2) is 30.6 Å². The number of aryl methyl sites for hydroxylation is 2. The Bertz CT molecular complexity index is 630. The van der Waals surface area contributed by atoms with E-state index in [1.807, 2.05) is 7.05 Å². The summed E-state index contributed by atoms with van der Waals surface area (Å²) in [5.74, 6) is -0.0634. The standard InChI is InChI=1S/C16H19N3O/c1-19-11-14(10-18-19)16(20)17-9-13-7-4-6-12-5-2-3-8-15(12)13/h4,6-7,10-11H,2-3,5,8-9H2,1H3,(H,17,20). The molecule has 0 unspecified atom stereocenters. The van der Waals surface area contributed by atoms with Crippen LogP contribution in [0.3, 0.4) is 0 Å². The van der Waals surface area contributed by atoms with Crippen molar-refractivity contribution in [2.45, 2.75) is 32.2 Å². The largest absolute Gasteiger partial charge is 0.348 e. The van der Waals surface area contributed by atoms with Crippen LogP contribution in [-0.4, -0.2) is 15.7 Å². The summed E-state index contributed by atoms with van der Waals surface area (Å²) in [6.07, 6.45) is 8.15. The van der Waals surface area contributed by atoms with Crippen molar-refractivity contribution in [1.29, 1.82) is 0 Å². The van der Waals surface area contributed by atoms with Crippen molar-refractivity contribution in [3.8, 4) is 0 Å². The van der Waals surface area contributed by atoms with E-state index in [-0.39, 0.29) is 5.91 Å². The van der Waals surface area contributed by atoms with Gasteiger partial charge >= 0.3 is 0 Å². The van der Waals surface area contributed by atoms with Crippen LogP contribution in [0, 0.1) is 0 Å². The van der Waals surface area contributed by atoms with Gasteiger partial charge in [0, 0.05) is 19.8 Å². The number of carbonyl (C=O) groups is 1. The molecular formula is C16H19N3O. The number of hydrogen-bond donors (Lipinski definition) is 1. The fraction of sp³-hybridized carbons (Fsp3) is 0.375. The fourth-order valence-electron chi connectivity index (χ4n) is 2.84. The lowest BCUT2D eigenvalue weighted by molar-refractivity contribution is 0.0950. The first kappa shape index (κ1) is 12.9. The normalized spacial score (nSPS) is 13.8. The Labute approximate surface area is 118 Å². The van der Waals surface area contributed by atoms with E-state index in [9.17, 15) is 4.79 Å². The summed E-state index contributed by atoms with van der Waals surface area (Å²) < 4.78 is 1.64. The second-order valence-corrected chi connectivity index (χ2v) is 5.35. The molecule has 3 rings (SSSR count). The molecule has 104 valence electrons. The van der Waals surface area contributed by atoms with Crippen molar-refractivity contribution >= 4 is 5.91 Å². The second-order valence-electron chi connectivity index (χ2n) is 5.35. The van der Waals surface area contributed by atoms with E-state index in [0.29, 0.717) is 12.1 Å². The topological polar surface area (TPSA) is 46.9 Å². The predicted octanol–water partition coefficient (Wildman–Crippen LogP) is 2.23. The van der Waals surface area contributed by atoms with Crippen molar-refractivity contribution in [2.75, 3.05) is 0 Å². The molecule has 1 aromatic carbocycles. The van der Waals surface area contributed by atoms with Crippen LogP contribution >= 0.6 is 0 Å². The number of carbonyl (C=O) groups excluding carboxylic acids is 1. The summed E-state index contributed by atoms with van der Waals surface area (Å²) in [4.78, 5) is 12.0. The quantitative estimate of drug-likeness (QED) is 0.928. The van der Waals surface area contributed by atoms with E-state index in [1.165, 1.54) is 36.0 Å². The van der Waals surface area contributed by atoms with Gasteiger partial charge in [-0.15, -0.1) is 0 Å². The van der Waals surface area contributed by atoms with Gasteiger partial charge in [-0.05, 0) is 42.4 Å². The molecule has 20 heavy (non-hydrogen) atoms. The smallest absolute Gasteiger partial charge is 0.254 e. The molecule has 0 spiro atoms. The van der Waals surface area contributed by atoms with Gasteiger partial charge in [-0.2, -0.15) is 5.10 Å². The molecule has 1 amide bonds. The maximum atomic E-state index is 12.0. The molecular weight excluding hydrogens is 250 g/mol. The van der Waals surface area contributed by atoms with Crippen LogP contribution in [0.1, 0.15) is 39.9 Å². The van der Waals surface area contributed by atoms with Crippen molar-refractivity contribution in [3.05, 3.63) is 52.8 Å². The van der Waals surface area contributed by atoms with Gasteiger partial charge in [0.05, 0.1) is 11.8 Å². The third kappa shape index (κ3) is 2.59. The van der Waals surface area contributed by atoms with E-state index >= 15 is 0 Å². The lowest BCUT2D eigenvalue weighted by atomic mass is 9.88. The Morgan fingerprint density at radius 3 is 3.00 bits per heavy atom. The monoisotopic (exact) mass is 269 g/mol. The van der Waals surface area contributed by atoms with Gasteiger partial charge in [-0.1, -0.05) is 18.2 Å². The SMILES string of the molecule is Cn1cc(C(=O)NCc2cccc3c2CCCC3)cn1. The van der Waals surface area contributed by atoms with Crippen molar-refractivity contribution in [1.82, 2.24) is 15.1 Å². The van der Waals surface area contributed by atoms with E-state index in [1.54, 1.807) is 17.1 Å². The molecule has 1 heterocycles. The molecule has 4 heteroatoms. The van der Waals surface area contributed by atoms with E-state index in [2.05, 4.69) is 28.6 Å². The highest BCUT2D eigenvalue weighted by molar-refractivity contribution is 5.93. The molecule has 2 aromatic rings. The molecule has 1 N–H and O–H groups in total. The molecule has 0 atom stereocenters. The maximum absolute atomic E-state index is 12.0. The van der Waals surface area contributed by atoms with Crippen LogP contribution in [0.4, 0.5) is 0 Å². The minimum atomic E-state index is -0.0634. The predicted molar refractivity (Wildman–Crippen MR) is 77.5 cm³/mol. The van der Waals surface area contributed by atoms with Crippen LogP contribution in [0.5, 0.6) is 0 Å².